The standard InChI is InChI=1S/C17H16N4O4/c1-10-8-11(21(24)25)6-7-12(10)19-16(22)9-15-17(23)20-14-5-3-2-4-13(14)18-15/h2-8,15,18H,9H2,1H3,(H,19,22)(H,20,23)/t15-/m1/s1. The van der Waals surface area contributed by atoms with Gasteiger partial charge < -0.3 is 16.0 Å². The monoisotopic (exact) mass is 340 g/mol. The lowest BCUT2D eigenvalue weighted by atomic mass is 10.1. The zero-order valence-electron chi connectivity index (χ0n) is 13.4. The van der Waals surface area contributed by atoms with Gasteiger partial charge in [0.15, 0.2) is 0 Å². The number of amides is 2. The van der Waals surface area contributed by atoms with E-state index >= 15 is 0 Å². The number of nitrogens with zero attached hydrogens (tertiary/aromatic N) is 1. The van der Waals surface area contributed by atoms with Crippen LogP contribution in [0.5, 0.6) is 0 Å². The van der Waals surface area contributed by atoms with E-state index in [-0.39, 0.29) is 23.9 Å². The van der Waals surface area contributed by atoms with E-state index in [4.69, 9.17) is 0 Å². The van der Waals surface area contributed by atoms with Gasteiger partial charge in [0.1, 0.15) is 6.04 Å². The number of para-hydroxylation sites is 2. The van der Waals surface area contributed by atoms with Gasteiger partial charge in [0, 0.05) is 17.8 Å². The van der Waals surface area contributed by atoms with Crippen LogP contribution in [-0.4, -0.2) is 22.8 Å². The van der Waals surface area contributed by atoms with Crippen molar-refractivity contribution in [1.29, 1.82) is 0 Å². The van der Waals surface area contributed by atoms with Gasteiger partial charge in [-0.25, -0.2) is 0 Å². The first-order chi connectivity index (χ1) is 11.9. The lowest BCUT2D eigenvalue weighted by Gasteiger charge is -2.26. The molecule has 3 rings (SSSR count). The Hall–Kier alpha value is -3.42. The summed E-state index contributed by atoms with van der Waals surface area (Å²) >= 11 is 0. The number of nitrogens with one attached hydrogen (secondary N) is 3. The third-order valence-corrected chi connectivity index (χ3v) is 3.92. The second kappa shape index (κ2) is 6.60. The first-order valence-corrected chi connectivity index (χ1v) is 7.65. The largest absolute Gasteiger partial charge is 0.372 e. The molecule has 1 heterocycles. The minimum absolute atomic E-state index is 0.0413. The molecule has 2 amide bonds. The number of non-ortho nitro benzene ring substituents is 1. The first-order valence-electron chi connectivity index (χ1n) is 7.65. The Labute approximate surface area is 143 Å². The Bertz CT molecular complexity index is 865. The molecule has 0 saturated heterocycles. The van der Waals surface area contributed by atoms with E-state index in [9.17, 15) is 19.7 Å². The zero-order chi connectivity index (χ0) is 18.0. The van der Waals surface area contributed by atoms with E-state index in [2.05, 4.69) is 16.0 Å². The van der Waals surface area contributed by atoms with Gasteiger partial charge >= 0.3 is 0 Å². The summed E-state index contributed by atoms with van der Waals surface area (Å²) in [5, 5.41) is 19.2. The molecule has 0 spiro atoms. The van der Waals surface area contributed by atoms with Crippen molar-refractivity contribution in [3.63, 3.8) is 0 Å². The Morgan fingerprint density at radius 1 is 1.24 bits per heavy atom. The summed E-state index contributed by atoms with van der Waals surface area (Å²) in [5.41, 5.74) is 2.45. The maximum absolute atomic E-state index is 12.2. The van der Waals surface area contributed by atoms with Crippen LogP contribution in [0.3, 0.4) is 0 Å². The van der Waals surface area contributed by atoms with E-state index in [0.717, 1.165) is 5.69 Å². The average Bonchev–Trinajstić information content (AvgIpc) is 2.57. The van der Waals surface area contributed by atoms with Crippen molar-refractivity contribution >= 4 is 34.6 Å². The van der Waals surface area contributed by atoms with Gasteiger partial charge in [-0.15, -0.1) is 0 Å². The summed E-state index contributed by atoms with van der Waals surface area (Å²) in [5.74, 6) is -0.641. The summed E-state index contributed by atoms with van der Waals surface area (Å²) in [4.78, 5) is 34.6. The molecule has 2 aromatic carbocycles. The highest BCUT2D eigenvalue weighted by molar-refractivity contribution is 6.06. The van der Waals surface area contributed by atoms with Gasteiger partial charge in [-0.3, -0.25) is 19.7 Å². The molecule has 0 fully saturated rings. The predicted octanol–water partition coefficient (Wildman–Crippen LogP) is 2.66. The van der Waals surface area contributed by atoms with Crippen LogP contribution in [-0.2, 0) is 9.59 Å². The number of carbonyl (C=O) groups excluding carboxylic acids is 2. The van der Waals surface area contributed by atoms with Crippen LogP contribution in [0.2, 0.25) is 0 Å². The van der Waals surface area contributed by atoms with Gasteiger partial charge in [0.05, 0.1) is 22.7 Å². The topological polar surface area (TPSA) is 113 Å². The normalized spacial score (nSPS) is 15.6. The lowest BCUT2D eigenvalue weighted by Crippen LogP contribution is -2.41. The lowest BCUT2D eigenvalue weighted by molar-refractivity contribution is -0.384. The van der Waals surface area contributed by atoms with Crippen LogP contribution in [0.1, 0.15) is 12.0 Å². The minimum Gasteiger partial charge on any atom is -0.372 e. The molecule has 1 atom stereocenters. The molecule has 2 aromatic rings. The number of rotatable bonds is 4. The summed E-state index contributed by atoms with van der Waals surface area (Å²) in [6.07, 6.45) is -0.0589. The summed E-state index contributed by atoms with van der Waals surface area (Å²) in [7, 11) is 0. The van der Waals surface area contributed by atoms with E-state index in [1.54, 1.807) is 13.0 Å². The van der Waals surface area contributed by atoms with Gasteiger partial charge in [-0.1, -0.05) is 12.1 Å². The molecule has 128 valence electrons. The van der Waals surface area contributed by atoms with E-state index in [1.165, 1.54) is 18.2 Å². The zero-order valence-corrected chi connectivity index (χ0v) is 13.4. The smallest absolute Gasteiger partial charge is 0.269 e. The highest BCUT2D eigenvalue weighted by Crippen LogP contribution is 2.27. The molecule has 1 aliphatic rings. The van der Waals surface area contributed by atoms with Crippen LogP contribution in [0, 0.1) is 17.0 Å². The maximum atomic E-state index is 12.2. The molecule has 0 bridgehead atoms. The molecule has 8 nitrogen and oxygen atoms in total. The average molecular weight is 340 g/mol. The fraction of sp³-hybridized carbons (Fsp3) is 0.176. The van der Waals surface area contributed by atoms with E-state index in [1.807, 2.05) is 18.2 Å². The van der Waals surface area contributed by atoms with E-state index < -0.39 is 11.0 Å². The number of benzene rings is 2. The molecule has 0 unspecified atom stereocenters. The molecule has 25 heavy (non-hydrogen) atoms. The van der Waals surface area contributed by atoms with Crippen LogP contribution >= 0.6 is 0 Å². The number of nitro benzene ring substituents is 1. The Balaban J connectivity index is 1.67. The fourth-order valence-corrected chi connectivity index (χ4v) is 2.62. The summed E-state index contributed by atoms with van der Waals surface area (Å²) in [6.45, 7) is 1.67. The number of fused-ring (bicyclic) bond motifs is 1. The number of carbonyl (C=O) groups is 2. The SMILES string of the molecule is Cc1cc([N+](=O)[O-])ccc1NC(=O)C[C@H]1Nc2ccccc2NC1=O. The molecule has 1 aliphatic heterocycles. The summed E-state index contributed by atoms with van der Waals surface area (Å²) in [6, 6.07) is 10.7. The molecule has 3 N–H and O–H groups in total. The van der Waals surface area contributed by atoms with Crippen molar-refractivity contribution in [2.24, 2.45) is 0 Å². The van der Waals surface area contributed by atoms with Crippen LogP contribution in [0.25, 0.3) is 0 Å². The maximum Gasteiger partial charge on any atom is 0.269 e. The number of anilines is 3. The third-order valence-electron chi connectivity index (χ3n) is 3.92. The first kappa shape index (κ1) is 16.4. The molecule has 0 aromatic heterocycles. The molecule has 8 heteroatoms. The highest BCUT2D eigenvalue weighted by atomic mass is 16.6. The number of hydrogen-bond donors (Lipinski definition) is 3. The van der Waals surface area contributed by atoms with Crippen molar-refractivity contribution < 1.29 is 14.5 Å². The number of nitro groups is 1. The van der Waals surface area contributed by atoms with Crippen molar-refractivity contribution in [1.82, 2.24) is 0 Å². The second-order valence-corrected chi connectivity index (χ2v) is 5.74. The van der Waals surface area contributed by atoms with Crippen LogP contribution in [0.4, 0.5) is 22.7 Å². The number of aryl methyl sites for hydroxylation is 1. The molecular formula is C17H16N4O4. The van der Waals surface area contributed by atoms with Crippen molar-refractivity contribution in [3.05, 3.63) is 58.1 Å². The molecule has 0 radical (unpaired) electrons. The fourth-order valence-electron chi connectivity index (χ4n) is 2.62. The van der Waals surface area contributed by atoms with Crippen molar-refractivity contribution in [2.45, 2.75) is 19.4 Å². The van der Waals surface area contributed by atoms with Gasteiger partial charge in [-0.2, -0.15) is 0 Å². The quantitative estimate of drug-likeness (QED) is 0.585. The third kappa shape index (κ3) is 3.57. The Kier molecular flexibility index (Phi) is 4.34. The van der Waals surface area contributed by atoms with Crippen molar-refractivity contribution in [2.75, 3.05) is 16.0 Å². The molecule has 0 saturated carbocycles. The van der Waals surface area contributed by atoms with Crippen LogP contribution in [0.15, 0.2) is 42.5 Å². The van der Waals surface area contributed by atoms with Crippen LogP contribution < -0.4 is 16.0 Å². The van der Waals surface area contributed by atoms with Crippen molar-refractivity contribution in [3.8, 4) is 0 Å². The number of hydrogen-bond acceptors (Lipinski definition) is 5. The Morgan fingerprint density at radius 3 is 2.64 bits per heavy atom. The predicted molar refractivity (Wildman–Crippen MR) is 93.6 cm³/mol. The Morgan fingerprint density at radius 2 is 1.96 bits per heavy atom. The minimum atomic E-state index is -0.687. The molecule has 0 aliphatic carbocycles. The highest BCUT2D eigenvalue weighted by Gasteiger charge is 2.27. The van der Waals surface area contributed by atoms with Gasteiger partial charge in [0.2, 0.25) is 11.8 Å². The summed E-state index contributed by atoms with van der Waals surface area (Å²) < 4.78 is 0. The van der Waals surface area contributed by atoms with E-state index in [0.29, 0.717) is 16.9 Å². The second-order valence-electron chi connectivity index (χ2n) is 5.74. The molecular weight excluding hydrogens is 324 g/mol. The van der Waals surface area contributed by atoms with Gasteiger partial charge in [0.25, 0.3) is 5.69 Å². The van der Waals surface area contributed by atoms with Gasteiger partial charge in [-0.05, 0) is 30.7 Å².